The van der Waals surface area contributed by atoms with Gasteiger partial charge in [-0.3, -0.25) is 4.98 Å². The molecule has 0 atom stereocenters. The summed E-state index contributed by atoms with van der Waals surface area (Å²) in [5.74, 6) is 1.04. The van der Waals surface area contributed by atoms with Crippen molar-refractivity contribution in [3.05, 3.63) is 44.8 Å². The molecule has 0 radical (unpaired) electrons. The molecule has 0 fully saturated rings. The molecule has 1 aromatic carbocycles. The Hall–Kier alpha value is -0.980. The van der Waals surface area contributed by atoms with Crippen LogP contribution in [-0.2, 0) is 13.0 Å². The number of aryl methyl sites for hydroxylation is 1. The van der Waals surface area contributed by atoms with Crippen LogP contribution in [-0.4, -0.2) is 20.4 Å². The standard InChI is InChI=1S/C13H10BrClFN3S/c14-9-3-12-11(4-10(9)16)18-13(1-2-15)19(12)6-8-5-17-7-20-8/h3-5,7H,1-2,6H2. The highest BCUT2D eigenvalue weighted by molar-refractivity contribution is 9.10. The van der Waals surface area contributed by atoms with E-state index in [1.165, 1.54) is 6.07 Å². The third kappa shape index (κ3) is 2.60. The van der Waals surface area contributed by atoms with Crippen molar-refractivity contribution in [2.24, 2.45) is 0 Å². The van der Waals surface area contributed by atoms with Gasteiger partial charge in [-0.15, -0.1) is 22.9 Å². The first-order valence-electron chi connectivity index (χ1n) is 5.96. The van der Waals surface area contributed by atoms with E-state index in [0.29, 0.717) is 28.8 Å². The Morgan fingerprint density at radius 2 is 2.25 bits per heavy atom. The molecule has 0 saturated heterocycles. The average Bonchev–Trinajstić information content (AvgIpc) is 3.02. The number of thiazole rings is 1. The van der Waals surface area contributed by atoms with Gasteiger partial charge in [0, 0.05) is 29.4 Å². The fourth-order valence-corrected chi connectivity index (χ4v) is 3.18. The Morgan fingerprint density at radius 1 is 1.40 bits per heavy atom. The first-order valence-corrected chi connectivity index (χ1v) is 8.17. The molecule has 104 valence electrons. The molecule has 3 rings (SSSR count). The summed E-state index contributed by atoms with van der Waals surface area (Å²) in [6.45, 7) is 0.672. The minimum Gasteiger partial charge on any atom is -0.323 e. The summed E-state index contributed by atoms with van der Waals surface area (Å²) < 4.78 is 16.1. The van der Waals surface area contributed by atoms with E-state index in [-0.39, 0.29) is 5.82 Å². The van der Waals surface area contributed by atoms with Crippen LogP contribution in [0, 0.1) is 5.82 Å². The molecule has 2 aromatic heterocycles. The molecular formula is C13H10BrClFN3S. The number of nitrogens with zero attached hydrogens (tertiary/aromatic N) is 3. The maximum atomic E-state index is 13.6. The van der Waals surface area contributed by atoms with Crippen molar-refractivity contribution in [1.82, 2.24) is 14.5 Å². The van der Waals surface area contributed by atoms with Crippen LogP contribution < -0.4 is 0 Å². The molecule has 3 aromatic rings. The molecule has 0 N–H and O–H groups in total. The number of hydrogen-bond donors (Lipinski definition) is 0. The first-order chi connectivity index (χ1) is 9.69. The lowest BCUT2D eigenvalue weighted by molar-refractivity contribution is 0.622. The number of alkyl halides is 1. The number of fused-ring (bicyclic) bond motifs is 1. The monoisotopic (exact) mass is 373 g/mol. The van der Waals surface area contributed by atoms with Crippen LogP contribution in [0.4, 0.5) is 4.39 Å². The van der Waals surface area contributed by atoms with Gasteiger partial charge in [-0.05, 0) is 22.0 Å². The van der Waals surface area contributed by atoms with E-state index in [1.54, 1.807) is 22.9 Å². The van der Waals surface area contributed by atoms with Crippen LogP contribution in [0.25, 0.3) is 11.0 Å². The lowest BCUT2D eigenvalue weighted by atomic mass is 10.3. The van der Waals surface area contributed by atoms with E-state index < -0.39 is 0 Å². The van der Waals surface area contributed by atoms with Gasteiger partial charge in [0.05, 0.1) is 27.6 Å². The fraction of sp³-hybridized carbons (Fsp3) is 0.231. The van der Waals surface area contributed by atoms with Crippen LogP contribution in [0.15, 0.2) is 28.3 Å². The zero-order valence-electron chi connectivity index (χ0n) is 10.3. The van der Waals surface area contributed by atoms with Gasteiger partial charge in [-0.25, -0.2) is 9.37 Å². The lowest BCUT2D eigenvalue weighted by Crippen LogP contribution is -2.05. The van der Waals surface area contributed by atoms with Gasteiger partial charge in [0.2, 0.25) is 0 Å². The summed E-state index contributed by atoms with van der Waals surface area (Å²) in [5.41, 5.74) is 3.34. The van der Waals surface area contributed by atoms with Crippen molar-refractivity contribution in [1.29, 1.82) is 0 Å². The normalized spacial score (nSPS) is 11.3. The molecule has 0 aliphatic rings. The summed E-state index contributed by atoms with van der Waals surface area (Å²) in [7, 11) is 0. The number of halogens is 3. The first kappa shape index (κ1) is 14.0. The molecule has 3 nitrogen and oxygen atoms in total. The maximum absolute atomic E-state index is 13.6. The van der Waals surface area contributed by atoms with E-state index in [9.17, 15) is 4.39 Å². The third-order valence-corrected chi connectivity index (χ3v) is 4.55. The summed E-state index contributed by atoms with van der Waals surface area (Å²) in [6, 6.07) is 3.21. The third-order valence-electron chi connectivity index (χ3n) is 2.98. The second-order valence-electron chi connectivity index (χ2n) is 4.28. The van der Waals surface area contributed by atoms with Gasteiger partial charge in [-0.1, -0.05) is 0 Å². The molecule has 0 spiro atoms. The van der Waals surface area contributed by atoms with Crippen molar-refractivity contribution < 1.29 is 4.39 Å². The lowest BCUT2D eigenvalue weighted by Gasteiger charge is -2.07. The number of aromatic nitrogens is 3. The van der Waals surface area contributed by atoms with Crippen LogP contribution in [0.5, 0.6) is 0 Å². The number of benzene rings is 1. The van der Waals surface area contributed by atoms with E-state index in [0.717, 1.165) is 16.2 Å². The van der Waals surface area contributed by atoms with Gasteiger partial charge in [0.15, 0.2) is 0 Å². The Bertz CT molecular complexity index is 742. The molecule has 0 aliphatic carbocycles. The number of hydrogen-bond acceptors (Lipinski definition) is 3. The predicted molar refractivity (Wildman–Crippen MR) is 83.0 cm³/mol. The molecule has 0 aliphatic heterocycles. The van der Waals surface area contributed by atoms with Gasteiger partial charge in [-0.2, -0.15) is 0 Å². The maximum Gasteiger partial charge on any atom is 0.139 e. The largest absolute Gasteiger partial charge is 0.323 e. The van der Waals surface area contributed by atoms with Crippen LogP contribution in [0.1, 0.15) is 10.7 Å². The number of rotatable bonds is 4. The Balaban J connectivity index is 2.15. The van der Waals surface area contributed by atoms with Crippen molar-refractivity contribution in [2.45, 2.75) is 13.0 Å². The summed E-state index contributed by atoms with van der Waals surface area (Å²) in [4.78, 5) is 9.69. The van der Waals surface area contributed by atoms with E-state index in [4.69, 9.17) is 11.6 Å². The molecule has 7 heteroatoms. The number of imidazole rings is 1. The quantitative estimate of drug-likeness (QED) is 0.640. The van der Waals surface area contributed by atoms with Crippen LogP contribution >= 0.6 is 38.9 Å². The minimum atomic E-state index is -0.308. The van der Waals surface area contributed by atoms with E-state index >= 15 is 0 Å². The summed E-state index contributed by atoms with van der Waals surface area (Å²) in [6.07, 6.45) is 2.48. The van der Waals surface area contributed by atoms with E-state index in [2.05, 4.69) is 30.5 Å². The smallest absolute Gasteiger partial charge is 0.139 e. The van der Waals surface area contributed by atoms with Crippen LogP contribution in [0.2, 0.25) is 0 Å². The molecule has 2 heterocycles. The van der Waals surface area contributed by atoms with Gasteiger partial charge < -0.3 is 4.57 Å². The highest BCUT2D eigenvalue weighted by Gasteiger charge is 2.14. The molecule has 0 bridgehead atoms. The zero-order valence-corrected chi connectivity index (χ0v) is 13.5. The minimum absolute atomic E-state index is 0.308. The summed E-state index contributed by atoms with van der Waals surface area (Å²) in [5, 5.41) is 0. The molecular weight excluding hydrogens is 365 g/mol. The Labute approximate surface area is 132 Å². The van der Waals surface area contributed by atoms with Gasteiger partial charge in [0.25, 0.3) is 0 Å². The van der Waals surface area contributed by atoms with Crippen LogP contribution in [0.3, 0.4) is 0 Å². The highest BCUT2D eigenvalue weighted by atomic mass is 79.9. The van der Waals surface area contributed by atoms with Crippen molar-refractivity contribution >= 4 is 49.9 Å². The summed E-state index contributed by atoms with van der Waals surface area (Å²) >= 11 is 10.6. The highest BCUT2D eigenvalue weighted by Crippen LogP contribution is 2.26. The van der Waals surface area contributed by atoms with E-state index in [1.807, 2.05) is 6.20 Å². The second-order valence-corrected chi connectivity index (χ2v) is 6.48. The van der Waals surface area contributed by atoms with Crippen molar-refractivity contribution in [2.75, 3.05) is 5.88 Å². The SMILES string of the molecule is Fc1cc2nc(CCCl)n(Cc3cncs3)c2cc1Br. The molecule has 20 heavy (non-hydrogen) atoms. The predicted octanol–water partition coefficient (Wildman–Crippen LogP) is 4.22. The Morgan fingerprint density at radius 3 is 2.95 bits per heavy atom. The molecule has 0 unspecified atom stereocenters. The topological polar surface area (TPSA) is 30.7 Å². The average molecular weight is 375 g/mol. The second kappa shape index (κ2) is 5.79. The van der Waals surface area contributed by atoms with Gasteiger partial charge in [0.1, 0.15) is 11.6 Å². The molecule has 0 saturated carbocycles. The zero-order chi connectivity index (χ0) is 14.1. The van der Waals surface area contributed by atoms with Gasteiger partial charge >= 0.3 is 0 Å². The fourth-order valence-electron chi connectivity index (χ4n) is 2.10. The molecule has 0 amide bonds. The Kier molecular flexibility index (Phi) is 4.05. The van der Waals surface area contributed by atoms with Crippen molar-refractivity contribution in [3.63, 3.8) is 0 Å². The van der Waals surface area contributed by atoms with Crippen molar-refractivity contribution in [3.8, 4) is 0 Å².